The van der Waals surface area contributed by atoms with E-state index >= 15 is 0 Å². The monoisotopic (exact) mass is 801 g/mol. The van der Waals surface area contributed by atoms with Crippen LogP contribution in [0.25, 0.3) is 0 Å². The van der Waals surface area contributed by atoms with Crippen LogP contribution < -0.4 is 10.6 Å². The van der Waals surface area contributed by atoms with Crippen LogP contribution in [0, 0.1) is 0 Å². The Morgan fingerprint density at radius 3 is 1.66 bits per heavy atom. The quantitative estimate of drug-likeness (QED) is 0.0444. The molecule has 0 saturated carbocycles. The number of hydrogen-bond donors (Lipinski definition) is 5. The molecule has 0 bridgehead atoms. The van der Waals surface area contributed by atoms with E-state index in [2.05, 4.69) is 10.6 Å². The van der Waals surface area contributed by atoms with Crippen molar-refractivity contribution < 1.29 is 72.5 Å². The van der Waals surface area contributed by atoms with Crippen molar-refractivity contribution in [1.82, 2.24) is 15.5 Å². The summed E-state index contributed by atoms with van der Waals surface area (Å²) in [6.45, 7) is 4.01. The summed E-state index contributed by atoms with van der Waals surface area (Å²) in [5, 5.41) is 33.4. The summed E-state index contributed by atoms with van der Waals surface area (Å²) in [7, 11) is 3.94. The summed E-state index contributed by atoms with van der Waals surface area (Å²) < 4.78 is 37.6. The zero-order chi connectivity index (χ0) is 38.8. The molecule has 1 aliphatic rings. The van der Waals surface area contributed by atoms with Gasteiger partial charge >= 0.3 is 24.0 Å². The number of ether oxygens (including phenoxy) is 7. The number of amides is 2. The lowest BCUT2D eigenvalue weighted by molar-refractivity contribution is -0.149. The largest absolute Gasteiger partial charge is 0.480 e. The molecule has 5 N–H and O–H groups in total. The van der Waals surface area contributed by atoms with Gasteiger partial charge in [0, 0.05) is 30.5 Å². The van der Waals surface area contributed by atoms with Crippen LogP contribution in [0.3, 0.4) is 0 Å². The van der Waals surface area contributed by atoms with Gasteiger partial charge in [-0.25, -0.2) is 4.79 Å². The van der Waals surface area contributed by atoms with Gasteiger partial charge in [0.25, 0.3) is 0 Å². The van der Waals surface area contributed by atoms with Crippen molar-refractivity contribution in [1.29, 1.82) is 0 Å². The molecule has 1 fully saturated rings. The molecule has 2 amide bonds. The minimum atomic E-state index is -1.33. The predicted octanol–water partition coefficient (Wildman–Crippen LogP) is 1.74. The van der Waals surface area contributed by atoms with E-state index in [0.717, 1.165) is 23.0 Å². The average molecular weight is 802 g/mol. The summed E-state index contributed by atoms with van der Waals surface area (Å²) in [6, 6.07) is -1.28. The van der Waals surface area contributed by atoms with Crippen molar-refractivity contribution in [3.8, 4) is 0 Å². The normalized spacial score (nSPS) is 14.6. The lowest BCUT2D eigenvalue weighted by atomic mass is 10.1. The second-order valence-electron chi connectivity index (χ2n) is 11.7. The number of unbranched alkanes of at least 4 members (excludes halogenated alkanes) is 2. The number of nitrogens with one attached hydrogen (secondary N) is 2. The lowest BCUT2D eigenvalue weighted by Gasteiger charge is -2.25. The molecule has 308 valence electrons. The molecule has 0 spiro atoms. The van der Waals surface area contributed by atoms with Crippen molar-refractivity contribution in [3.05, 3.63) is 0 Å². The fraction of sp³-hybridized carbons (Fsp3) is 0.848. The second-order valence-corrected chi connectivity index (χ2v) is 14.5. The van der Waals surface area contributed by atoms with Crippen LogP contribution in [-0.2, 0) is 52.3 Å². The number of hydrogen-bond acceptors (Lipinski definition) is 15. The van der Waals surface area contributed by atoms with Crippen LogP contribution in [0.5, 0.6) is 0 Å². The minimum Gasteiger partial charge on any atom is -0.480 e. The standard InChI is InChI=1S/C33H59N3O15S2/c37-29(7-2-1-5-27-8-24-52-53-27)34-10-11-45-12-13-46-14-15-47-16-17-48-18-19-49-20-21-50-22-23-51-33(44)35-9-4-3-6-28(32(42)43)36(25-30(38)39)26-31(40)41/h27-28H,1-26H2,(H,34,37)(H,35,44)(H,38,39)(H,40,41)(H,42,43)/t27?,28-/m0/s1. The zero-order valence-electron chi connectivity index (χ0n) is 30.5. The van der Waals surface area contributed by atoms with E-state index in [-0.39, 0.29) is 32.1 Å². The molecule has 1 aliphatic heterocycles. The fourth-order valence-corrected chi connectivity index (χ4v) is 7.79. The van der Waals surface area contributed by atoms with Crippen LogP contribution in [0.1, 0.15) is 51.4 Å². The van der Waals surface area contributed by atoms with Crippen molar-refractivity contribution in [3.63, 3.8) is 0 Å². The number of carbonyl (C=O) groups is 5. The molecule has 0 aromatic heterocycles. The molecule has 20 heteroatoms. The molecule has 0 radical (unpaired) electrons. The van der Waals surface area contributed by atoms with Gasteiger partial charge in [0.05, 0.1) is 92.4 Å². The highest BCUT2D eigenvalue weighted by molar-refractivity contribution is 8.77. The third-order valence-corrected chi connectivity index (χ3v) is 10.4. The van der Waals surface area contributed by atoms with Crippen LogP contribution in [0.2, 0.25) is 0 Å². The van der Waals surface area contributed by atoms with Gasteiger partial charge in [-0.05, 0) is 38.5 Å². The number of carboxylic acids is 3. The number of aliphatic carboxylic acids is 3. The van der Waals surface area contributed by atoms with E-state index in [4.69, 9.17) is 43.4 Å². The third-order valence-electron chi connectivity index (χ3n) is 7.37. The highest BCUT2D eigenvalue weighted by Crippen LogP contribution is 2.39. The summed E-state index contributed by atoms with van der Waals surface area (Å²) in [5.74, 6) is -2.65. The number of nitrogens with zero attached hydrogens (tertiary/aromatic N) is 1. The highest BCUT2D eigenvalue weighted by Gasteiger charge is 2.28. The third kappa shape index (κ3) is 30.6. The summed E-state index contributed by atoms with van der Waals surface area (Å²) in [5.41, 5.74) is 0. The van der Waals surface area contributed by atoms with Crippen LogP contribution >= 0.6 is 21.6 Å². The van der Waals surface area contributed by atoms with Gasteiger partial charge in [-0.1, -0.05) is 28.0 Å². The Morgan fingerprint density at radius 1 is 0.642 bits per heavy atom. The number of alkyl carbamates (subject to hydrolysis) is 1. The van der Waals surface area contributed by atoms with E-state index in [1.807, 2.05) is 21.6 Å². The molecule has 1 rings (SSSR count). The van der Waals surface area contributed by atoms with Crippen LogP contribution in [0.4, 0.5) is 4.79 Å². The van der Waals surface area contributed by atoms with Crippen LogP contribution in [-0.4, -0.2) is 179 Å². The molecule has 0 aromatic carbocycles. The first-order valence-corrected chi connectivity index (χ1v) is 20.4. The first kappa shape index (κ1) is 48.6. The van der Waals surface area contributed by atoms with Crippen molar-refractivity contribution >= 4 is 51.5 Å². The van der Waals surface area contributed by atoms with Crippen LogP contribution in [0.15, 0.2) is 0 Å². The van der Waals surface area contributed by atoms with E-state index < -0.39 is 43.1 Å². The van der Waals surface area contributed by atoms with Gasteiger partial charge < -0.3 is 59.1 Å². The Balaban J connectivity index is 1.79. The first-order valence-electron chi connectivity index (χ1n) is 18.0. The van der Waals surface area contributed by atoms with Gasteiger partial charge in [0.15, 0.2) is 0 Å². The highest BCUT2D eigenvalue weighted by atomic mass is 33.1. The SMILES string of the molecule is O=C(O)CN(CC(=O)O)[C@@H](CCCCNC(=O)OCCOCCOCCOCCOCCOCCOCCNC(=O)CCCCC1CCSS1)C(=O)O. The van der Waals surface area contributed by atoms with E-state index in [1.165, 1.54) is 18.6 Å². The molecule has 18 nitrogen and oxygen atoms in total. The van der Waals surface area contributed by atoms with Crippen molar-refractivity contribution in [2.75, 3.05) is 118 Å². The molecule has 0 aromatic rings. The average Bonchev–Trinajstić information content (AvgIpc) is 3.63. The van der Waals surface area contributed by atoms with E-state index in [0.29, 0.717) is 98.5 Å². The number of rotatable bonds is 37. The van der Waals surface area contributed by atoms with E-state index in [1.54, 1.807) is 0 Å². The maximum Gasteiger partial charge on any atom is 0.407 e. The smallest absolute Gasteiger partial charge is 0.407 e. The van der Waals surface area contributed by atoms with Gasteiger partial charge in [0.2, 0.25) is 5.91 Å². The molecular formula is C33H59N3O15S2. The second kappa shape index (κ2) is 34.1. The maximum absolute atomic E-state index is 11.9. The van der Waals surface area contributed by atoms with Gasteiger partial charge in [-0.3, -0.25) is 24.1 Å². The van der Waals surface area contributed by atoms with Crippen molar-refractivity contribution in [2.45, 2.75) is 62.7 Å². The summed E-state index contributed by atoms with van der Waals surface area (Å²) in [6.07, 6.45) is 5.15. The molecule has 1 saturated heterocycles. The molecule has 1 heterocycles. The molecular weight excluding hydrogens is 743 g/mol. The fourth-order valence-electron chi connectivity index (χ4n) is 4.76. The Hall–Kier alpha value is -2.43. The lowest BCUT2D eigenvalue weighted by Crippen LogP contribution is -2.46. The first-order chi connectivity index (χ1) is 25.7. The van der Waals surface area contributed by atoms with Gasteiger partial charge in [-0.2, -0.15) is 0 Å². The van der Waals surface area contributed by atoms with Gasteiger partial charge in [0.1, 0.15) is 12.6 Å². The Kier molecular flexibility index (Phi) is 31.3. The Labute approximate surface area is 319 Å². The zero-order valence-corrected chi connectivity index (χ0v) is 32.2. The summed E-state index contributed by atoms with van der Waals surface area (Å²) >= 11 is 0. The Morgan fingerprint density at radius 2 is 1.17 bits per heavy atom. The summed E-state index contributed by atoms with van der Waals surface area (Å²) in [4.78, 5) is 58.0. The molecule has 1 unspecified atom stereocenters. The van der Waals surface area contributed by atoms with Crippen molar-refractivity contribution in [2.24, 2.45) is 0 Å². The Bertz CT molecular complexity index is 979. The molecule has 53 heavy (non-hydrogen) atoms. The van der Waals surface area contributed by atoms with E-state index in [9.17, 15) is 29.1 Å². The van der Waals surface area contributed by atoms with Gasteiger partial charge in [-0.15, -0.1) is 0 Å². The maximum atomic E-state index is 11.9. The number of carbonyl (C=O) groups excluding carboxylic acids is 2. The molecule has 2 atom stereocenters. The topological polar surface area (TPSA) is 238 Å². The number of carboxylic acid groups (broad SMARTS) is 3. The molecule has 0 aliphatic carbocycles. The predicted molar refractivity (Wildman–Crippen MR) is 196 cm³/mol. The minimum absolute atomic E-state index is 0.0155.